The number of ether oxygens (including phenoxy) is 1. The summed E-state index contributed by atoms with van der Waals surface area (Å²) in [7, 11) is 0. The lowest BCUT2D eigenvalue weighted by molar-refractivity contribution is -0.139. The van der Waals surface area contributed by atoms with Crippen LogP contribution in [0.1, 0.15) is 15.9 Å². The molecule has 0 aliphatic rings. The minimum absolute atomic E-state index is 0.0265. The molecule has 1 atom stereocenters. The second kappa shape index (κ2) is 6.67. The number of carbonyl (C=O) groups excluding carboxylic acids is 2. The van der Waals surface area contributed by atoms with Crippen molar-refractivity contribution in [3.05, 3.63) is 65.7 Å². The van der Waals surface area contributed by atoms with Crippen molar-refractivity contribution in [2.75, 3.05) is 0 Å². The standard InChI is InChI=1S/C16H15NO4/c17-14(10-11-4-2-1-3-5-11)16(20)21-15(19)12-6-8-13(18)9-7-12/h1-9,14,18H,10,17H2/t14-/m0/s1. The van der Waals surface area contributed by atoms with Gasteiger partial charge < -0.3 is 15.6 Å². The van der Waals surface area contributed by atoms with Gasteiger partial charge in [-0.2, -0.15) is 0 Å². The smallest absolute Gasteiger partial charge is 0.345 e. The first-order chi connectivity index (χ1) is 10.1. The molecule has 108 valence electrons. The molecule has 0 aliphatic heterocycles. The van der Waals surface area contributed by atoms with Crippen LogP contribution >= 0.6 is 0 Å². The maximum Gasteiger partial charge on any atom is 0.345 e. The maximum atomic E-state index is 11.8. The number of hydrogen-bond acceptors (Lipinski definition) is 5. The first-order valence-electron chi connectivity index (χ1n) is 6.41. The van der Waals surface area contributed by atoms with E-state index in [-0.39, 0.29) is 11.3 Å². The highest BCUT2D eigenvalue weighted by Gasteiger charge is 2.20. The Morgan fingerprint density at radius 2 is 1.67 bits per heavy atom. The molecule has 0 aromatic heterocycles. The Labute approximate surface area is 122 Å². The van der Waals surface area contributed by atoms with E-state index in [4.69, 9.17) is 15.6 Å². The monoisotopic (exact) mass is 285 g/mol. The van der Waals surface area contributed by atoms with Crippen LogP contribution in [0.4, 0.5) is 0 Å². The number of phenols is 1. The normalized spacial score (nSPS) is 11.7. The summed E-state index contributed by atoms with van der Waals surface area (Å²) in [4.78, 5) is 23.5. The molecule has 0 fully saturated rings. The van der Waals surface area contributed by atoms with Crippen molar-refractivity contribution in [1.82, 2.24) is 0 Å². The molecule has 0 amide bonds. The highest BCUT2D eigenvalue weighted by atomic mass is 16.6. The zero-order valence-corrected chi connectivity index (χ0v) is 11.2. The molecule has 2 aromatic rings. The molecular weight excluding hydrogens is 270 g/mol. The predicted molar refractivity (Wildman–Crippen MR) is 76.7 cm³/mol. The van der Waals surface area contributed by atoms with Gasteiger partial charge in [0.15, 0.2) is 0 Å². The van der Waals surface area contributed by atoms with Gasteiger partial charge in [0, 0.05) is 0 Å². The molecule has 0 spiro atoms. The lowest BCUT2D eigenvalue weighted by Gasteiger charge is -2.10. The summed E-state index contributed by atoms with van der Waals surface area (Å²) in [6, 6.07) is 13.7. The zero-order chi connectivity index (χ0) is 15.2. The van der Waals surface area contributed by atoms with Crippen LogP contribution in [0.25, 0.3) is 0 Å². The third-order valence-corrected chi connectivity index (χ3v) is 2.90. The van der Waals surface area contributed by atoms with E-state index in [0.717, 1.165) is 5.56 Å². The van der Waals surface area contributed by atoms with Crippen molar-refractivity contribution in [1.29, 1.82) is 0 Å². The Morgan fingerprint density at radius 3 is 2.29 bits per heavy atom. The van der Waals surface area contributed by atoms with Gasteiger partial charge in [-0.1, -0.05) is 30.3 Å². The van der Waals surface area contributed by atoms with E-state index in [0.29, 0.717) is 6.42 Å². The number of benzene rings is 2. The first-order valence-corrected chi connectivity index (χ1v) is 6.41. The van der Waals surface area contributed by atoms with Crippen LogP contribution < -0.4 is 5.73 Å². The molecule has 0 saturated carbocycles. The van der Waals surface area contributed by atoms with Gasteiger partial charge in [-0.05, 0) is 36.2 Å². The highest BCUT2D eigenvalue weighted by molar-refractivity contribution is 5.98. The third-order valence-electron chi connectivity index (χ3n) is 2.90. The fourth-order valence-electron chi connectivity index (χ4n) is 1.77. The van der Waals surface area contributed by atoms with Crippen LogP contribution in [-0.4, -0.2) is 23.1 Å². The number of rotatable bonds is 4. The quantitative estimate of drug-likeness (QED) is 0.658. The molecule has 0 radical (unpaired) electrons. The molecule has 5 nitrogen and oxygen atoms in total. The van der Waals surface area contributed by atoms with Crippen molar-refractivity contribution in [2.45, 2.75) is 12.5 Å². The Balaban J connectivity index is 1.94. The number of carbonyl (C=O) groups is 2. The summed E-state index contributed by atoms with van der Waals surface area (Å²) in [5, 5.41) is 9.13. The van der Waals surface area contributed by atoms with E-state index in [1.54, 1.807) is 0 Å². The molecule has 0 unspecified atom stereocenters. The molecule has 0 saturated heterocycles. The number of phenolic OH excluding ortho intramolecular Hbond substituents is 1. The molecule has 0 aliphatic carbocycles. The van der Waals surface area contributed by atoms with Crippen LogP contribution in [0.2, 0.25) is 0 Å². The number of hydrogen-bond donors (Lipinski definition) is 2. The van der Waals surface area contributed by atoms with E-state index >= 15 is 0 Å². The first kappa shape index (κ1) is 14.7. The van der Waals surface area contributed by atoms with Gasteiger partial charge in [0.25, 0.3) is 0 Å². The van der Waals surface area contributed by atoms with Crippen molar-refractivity contribution >= 4 is 11.9 Å². The van der Waals surface area contributed by atoms with Crippen LogP contribution in [0.5, 0.6) is 5.75 Å². The summed E-state index contributed by atoms with van der Waals surface area (Å²) in [6.07, 6.45) is 0.294. The van der Waals surface area contributed by atoms with Crippen LogP contribution in [0.15, 0.2) is 54.6 Å². The van der Waals surface area contributed by atoms with Gasteiger partial charge in [-0.15, -0.1) is 0 Å². The molecule has 21 heavy (non-hydrogen) atoms. The van der Waals surface area contributed by atoms with Gasteiger partial charge in [-0.3, -0.25) is 0 Å². The molecular formula is C16H15NO4. The molecule has 2 rings (SSSR count). The van der Waals surface area contributed by atoms with Crippen LogP contribution in [0.3, 0.4) is 0 Å². The topological polar surface area (TPSA) is 89.6 Å². The highest BCUT2D eigenvalue weighted by Crippen LogP contribution is 2.11. The largest absolute Gasteiger partial charge is 0.508 e. The zero-order valence-electron chi connectivity index (χ0n) is 11.2. The summed E-state index contributed by atoms with van der Waals surface area (Å²) in [6.45, 7) is 0. The summed E-state index contributed by atoms with van der Waals surface area (Å²) < 4.78 is 4.73. The number of nitrogens with two attached hydrogens (primary N) is 1. The molecule has 2 aromatic carbocycles. The molecule has 5 heteroatoms. The average Bonchev–Trinajstić information content (AvgIpc) is 2.48. The summed E-state index contributed by atoms with van der Waals surface area (Å²) in [5.74, 6) is -1.54. The van der Waals surface area contributed by atoms with Gasteiger partial charge in [0.05, 0.1) is 5.56 Å². The van der Waals surface area contributed by atoms with Crippen molar-refractivity contribution in [3.63, 3.8) is 0 Å². The van der Waals surface area contributed by atoms with E-state index in [1.165, 1.54) is 24.3 Å². The number of esters is 2. The lowest BCUT2D eigenvalue weighted by Crippen LogP contribution is -2.35. The predicted octanol–water partition coefficient (Wildman–Crippen LogP) is 1.65. The Kier molecular flexibility index (Phi) is 4.68. The van der Waals surface area contributed by atoms with Crippen molar-refractivity contribution in [3.8, 4) is 5.75 Å². The second-order valence-electron chi connectivity index (χ2n) is 4.55. The lowest BCUT2D eigenvalue weighted by atomic mass is 10.1. The fraction of sp³-hybridized carbons (Fsp3) is 0.125. The van der Waals surface area contributed by atoms with E-state index in [1.807, 2.05) is 30.3 Å². The van der Waals surface area contributed by atoms with Crippen molar-refractivity contribution < 1.29 is 19.4 Å². The SMILES string of the molecule is N[C@@H](Cc1ccccc1)C(=O)OC(=O)c1ccc(O)cc1. The van der Waals surface area contributed by atoms with Crippen LogP contribution in [0, 0.1) is 0 Å². The molecule has 0 heterocycles. The number of aromatic hydroxyl groups is 1. The fourth-order valence-corrected chi connectivity index (χ4v) is 1.77. The van der Waals surface area contributed by atoms with Gasteiger partial charge in [0.2, 0.25) is 0 Å². The van der Waals surface area contributed by atoms with E-state index in [2.05, 4.69) is 0 Å². The second-order valence-corrected chi connectivity index (χ2v) is 4.55. The van der Waals surface area contributed by atoms with E-state index in [9.17, 15) is 9.59 Å². The molecule has 0 bridgehead atoms. The Bertz CT molecular complexity index is 622. The minimum Gasteiger partial charge on any atom is -0.508 e. The van der Waals surface area contributed by atoms with Gasteiger partial charge in [-0.25, -0.2) is 9.59 Å². The summed E-state index contributed by atoms with van der Waals surface area (Å²) in [5.41, 5.74) is 6.80. The third kappa shape index (κ3) is 4.15. The van der Waals surface area contributed by atoms with Crippen LogP contribution in [-0.2, 0) is 16.0 Å². The van der Waals surface area contributed by atoms with Gasteiger partial charge in [0.1, 0.15) is 11.8 Å². The Hall–Kier alpha value is -2.66. The van der Waals surface area contributed by atoms with Gasteiger partial charge >= 0.3 is 11.9 Å². The van der Waals surface area contributed by atoms with E-state index < -0.39 is 18.0 Å². The average molecular weight is 285 g/mol. The Morgan fingerprint density at radius 1 is 1.05 bits per heavy atom. The molecule has 3 N–H and O–H groups in total. The van der Waals surface area contributed by atoms with Crippen molar-refractivity contribution in [2.24, 2.45) is 5.73 Å². The summed E-state index contributed by atoms with van der Waals surface area (Å²) >= 11 is 0. The minimum atomic E-state index is -0.909. The maximum absolute atomic E-state index is 11.8.